The third-order valence-electron chi connectivity index (χ3n) is 5.18. The van der Waals surface area contributed by atoms with Crippen LogP contribution in [-0.2, 0) is 17.8 Å². The zero-order chi connectivity index (χ0) is 18.8. The molecule has 4 rings (SSSR count). The van der Waals surface area contributed by atoms with Crippen LogP contribution in [0.1, 0.15) is 32.5 Å². The second kappa shape index (κ2) is 7.97. The lowest BCUT2D eigenvalue weighted by molar-refractivity contribution is -0.132. The molecule has 3 nitrogen and oxygen atoms in total. The number of nitrogens with zero attached hydrogens (tertiary/aromatic N) is 2. The number of rotatable bonds is 5. The Morgan fingerprint density at radius 2 is 1.96 bits per heavy atom. The molecular weight excluding hydrogens is 372 g/mol. The second-order valence-corrected chi connectivity index (χ2v) is 9.15. The average Bonchev–Trinajstić information content (AvgIpc) is 3.35. The molecule has 1 aromatic carbocycles. The van der Waals surface area contributed by atoms with Gasteiger partial charge in [0, 0.05) is 29.9 Å². The quantitative estimate of drug-likeness (QED) is 0.623. The molecule has 3 heterocycles. The molecule has 1 amide bonds. The van der Waals surface area contributed by atoms with Gasteiger partial charge in [0.25, 0.3) is 0 Å². The van der Waals surface area contributed by atoms with Gasteiger partial charge in [0.1, 0.15) is 0 Å². The maximum absolute atomic E-state index is 12.9. The largest absolute Gasteiger partial charge is 0.340 e. The van der Waals surface area contributed by atoms with Crippen molar-refractivity contribution in [1.29, 1.82) is 0 Å². The Kier molecular flexibility index (Phi) is 5.43. The van der Waals surface area contributed by atoms with Crippen molar-refractivity contribution in [3.05, 3.63) is 79.7 Å². The summed E-state index contributed by atoms with van der Waals surface area (Å²) in [6.45, 7) is 4.12. The Morgan fingerprint density at radius 1 is 1.15 bits per heavy atom. The predicted molar refractivity (Wildman–Crippen MR) is 113 cm³/mol. The van der Waals surface area contributed by atoms with Crippen molar-refractivity contribution in [2.24, 2.45) is 0 Å². The minimum absolute atomic E-state index is 0.177. The lowest BCUT2D eigenvalue weighted by atomic mass is 9.98. The first-order valence-corrected chi connectivity index (χ1v) is 11.0. The van der Waals surface area contributed by atoms with Crippen LogP contribution in [0.3, 0.4) is 0 Å². The lowest BCUT2D eigenvalue weighted by Gasteiger charge is -2.35. The van der Waals surface area contributed by atoms with Gasteiger partial charge in [0.15, 0.2) is 0 Å². The smallest absolute Gasteiger partial charge is 0.236 e. The molecule has 2 aromatic heterocycles. The van der Waals surface area contributed by atoms with E-state index in [9.17, 15) is 4.79 Å². The van der Waals surface area contributed by atoms with Gasteiger partial charge in [-0.05, 0) is 47.4 Å². The van der Waals surface area contributed by atoms with Crippen molar-refractivity contribution in [1.82, 2.24) is 9.80 Å². The molecule has 0 unspecified atom stereocenters. The topological polar surface area (TPSA) is 23.6 Å². The predicted octanol–water partition coefficient (Wildman–Crippen LogP) is 4.72. The third-order valence-corrected chi connectivity index (χ3v) is 7.10. The maximum atomic E-state index is 12.9. The highest BCUT2D eigenvalue weighted by atomic mass is 32.1. The standard InChI is InChI=1S/C22H24N2OS2/c1-16-5-7-17(8-6-16)14-23(2)21(25)15-24-11-9-19-18(10-13-27-19)22(24)20-4-3-12-26-20/h3-8,10,12-13,22H,9,11,14-15H2,1-2H3/t22-/m0/s1. The van der Waals surface area contributed by atoms with E-state index in [2.05, 4.69) is 65.0 Å². The Hall–Kier alpha value is -1.95. The van der Waals surface area contributed by atoms with Crippen LogP contribution in [0.15, 0.2) is 53.2 Å². The number of hydrogen-bond donors (Lipinski definition) is 0. The van der Waals surface area contributed by atoms with Gasteiger partial charge in [-0.15, -0.1) is 22.7 Å². The van der Waals surface area contributed by atoms with Crippen LogP contribution in [0.25, 0.3) is 0 Å². The van der Waals surface area contributed by atoms with E-state index in [1.807, 2.05) is 23.3 Å². The van der Waals surface area contributed by atoms with Crippen LogP contribution in [0.4, 0.5) is 0 Å². The fourth-order valence-corrected chi connectivity index (χ4v) is 5.45. The van der Waals surface area contributed by atoms with E-state index in [1.54, 1.807) is 11.3 Å². The van der Waals surface area contributed by atoms with Gasteiger partial charge in [-0.2, -0.15) is 0 Å². The summed E-state index contributed by atoms with van der Waals surface area (Å²) in [4.78, 5) is 19.9. The number of likely N-dealkylation sites (N-methyl/N-ethyl adjacent to an activating group) is 1. The number of amides is 1. The molecule has 27 heavy (non-hydrogen) atoms. The fraction of sp³-hybridized carbons (Fsp3) is 0.318. The normalized spacial score (nSPS) is 16.9. The first kappa shape index (κ1) is 18.4. The monoisotopic (exact) mass is 396 g/mol. The van der Waals surface area contributed by atoms with Gasteiger partial charge in [0.05, 0.1) is 12.6 Å². The van der Waals surface area contributed by atoms with Crippen molar-refractivity contribution < 1.29 is 4.79 Å². The minimum Gasteiger partial charge on any atom is -0.340 e. The molecule has 0 N–H and O–H groups in total. The van der Waals surface area contributed by atoms with E-state index < -0.39 is 0 Å². The summed E-state index contributed by atoms with van der Waals surface area (Å²) in [6, 6.07) is 15.1. The number of carbonyl (C=O) groups excluding carboxylic acids is 1. The van der Waals surface area contributed by atoms with E-state index >= 15 is 0 Å². The van der Waals surface area contributed by atoms with E-state index in [0.717, 1.165) is 13.0 Å². The number of hydrogen-bond acceptors (Lipinski definition) is 4. The molecular formula is C22H24N2OS2. The maximum Gasteiger partial charge on any atom is 0.236 e. The number of fused-ring (bicyclic) bond motifs is 1. The minimum atomic E-state index is 0.177. The molecule has 0 radical (unpaired) electrons. The van der Waals surface area contributed by atoms with Gasteiger partial charge >= 0.3 is 0 Å². The molecule has 1 aliphatic heterocycles. The number of thiophene rings is 2. The number of aryl methyl sites for hydroxylation is 1. The summed E-state index contributed by atoms with van der Waals surface area (Å²) < 4.78 is 0. The summed E-state index contributed by atoms with van der Waals surface area (Å²) in [5.74, 6) is 0.177. The molecule has 140 valence electrons. The lowest BCUT2D eigenvalue weighted by Crippen LogP contribution is -2.42. The Morgan fingerprint density at radius 3 is 2.70 bits per heavy atom. The van der Waals surface area contributed by atoms with Gasteiger partial charge in [0.2, 0.25) is 5.91 Å². The first-order chi connectivity index (χ1) is 13.1. The molecule has 0 saturated carbocycles. The third kappa shape index (κ3) is 4.00. The summed E-state index contributed by atoms with van der Waals surface area (Å²) in [5.41, 5.74) is 3.79. The first-order valence-electron chi connectivity index (χ1n) is 9.25. The van der Waals surface area contributed by atoms with Crippen LogP contribution in [0.2, 0.25) is 0 Å². The second-order valence-electron chi connectivity index (χ2n) is 7.17. The Labute approximate surface area is 168 Å². The van der Waals surface area contributed by atoms with Crippen LogP contribution in [0, 0.1) is 6.92 Å². The highest BCUT2D eigenvalue weighted by molar-refractivity contribution is 7.10. The summed E-state index contributed by atoms with van der Waals surface area (Å²) in [6.07, 6.45) is 1.03. The van der Waals surface area contributed by atoms with Crippen molar-refractivity contribution in [3.8, 4) is 0 Å². The van der Waals surface area contributed by atoms with Crippen molar-refractivity contribution in [3.63, 3.8) is 0 Å². The van der Waals surface area contributed by atoms with E-state index in [4.69, 9.17) is 0 Å². The van der Waals surface area contributed by atoms with Gasteiger partial charge in [-0.1, -0.05) is 35.9 Å². The zero-order valence-electron chi connectivity index (χ0n) is 15.7. The number of carbonyl (C=O) groups is 1. The Bertz CT molecular complexity index is 899. The van der Waals surface area contributed by atoms with Crippen LogP contribution >= 0.6 is 22.7 Å². The van der Waals surface area contributed by atoms with E-state index in [1.165, 1.54) is 26.4 Å². The Balaban J connectivity index is 1.49. The van der Waals surface area contributed by atoms with Crippen molar-refractivity contribution >= 4 is 28.6 Å². The molecule has 0 spiro atoms. The fourth-order valence-electron chi connectivity index (χ4n) is 3.67. The van der Waals surface area contributed by atoms with Crippen LogP contribution < -0.4 is 0 Å². The highest BCUT2D eigenvalue weighted by Crippen LogP contribution is 2.39. The molecule has 0 aliphatic carbocycles. The molecule has 0 bridgehead atoms. The molecule has 1 atom stereocenters. The molecule has 0 saturated heterocycles. The zero-order valence-corrected chi connectivity index (χ0v) is 17.4. The van der Waals surface area contributed by atoms with Gasteiger partial charge in [-0.25, -0.2) is 0 Å². The van der Waals surface area contributed by atoms with Gasteiger partial charge in [-0.3, -0.25) is 9.69 Å². The number of benzene rings is 1. The molecule has 0 fully saturated rings. The highest BCUT2D eigenvalue weighted by Gasteiger charge is 2.31. The van der Waals surface area contributed by atoms with E-state index in [-0.39, 0.29) is 11.9 Å². The summed E-state index contributed by atoms with van der Waals surface area (Å²) >= 11 is 3.62. The molecule has 5 heteroatoms. The van der Waals surface area contributed by atoms with Crippen LogP contribution in [0.5, 0.6) is 0 Å². The van der Waals surface area contributed by atoms with Crippen molar-refractivity contribution in [2.45, 2.75) is 25.9 Å². The molecule has 1 aliphatic rings. The average molecular weight is 397 g/mol. The molecule has 3 aromatic rings. The van der Waals surface area contributed by atoms with E-state index in [0.29, 0.717) is 13.1 Å². The van der Waals surface area contributed by atoms with Crippen molar-refractivity contribution in [2.75, 3.05) is 20.1 Å². The summed E-state index contributed by atoms with van der Waals surface area (Å²) in [7, 11) is 1.91. The van der Waals surface area contributed by atoms with Crippen LogP contribution in [-0.4, -0.2) is 35.8 Å². The van der Waals surface area contributed by atoms with Gasteiger partial charge < -0.3 is 4.90 Å². The SMILES string of the molecule is Cc1ccc(CN(C)C(=O)CN2CCc3sccc3[C@H]2c2cccs2)cc1. The summed E-state index contributed by atoms with van der Waals surface area (Å²) in [5, 5.41) is 4.31.